The lowest BCUT2D eigenvalue weighted by atomic mass is 9.64. The number of ketones is 3. The summed E-state index contributed by atoms with van der Waals surface area (Å²) in [5, 5.41) is 0.546. The Morgan fingerprint density at radius 1 is 0.907 bits per heavy atom. The molecule has 0 bridgehead atoms. The average Bonchev–Trinajstić information content (AvgIpc) is 3.47. The number of rotatable bonds is 6. The molecule has 3 atom stereocenters. The van der Waals surface area contributed by atoms with Crippen molar-refractivity contribution in [3.8, 4) is 11.5 Å². The Balaban J connectivity index is 1.56. The highest BCUT2D eigenvalue weighted by Gasteiger charge is 2.72. The van der Waals surface area contributed by atoms with Crippen molar-refractivity contribution in [1.82, 2.24) is 0 Å². The Morgan fingerprint density at radius 3 is 2.35 bits per heavy atom. The lowest BCUT2D eigenvalue weighted by Crippen LogP contribution is -2.48. The Kier molecular flexibility index (Phi) is 6.47. The number of benzene rings is 4. The van der Waals surface area contributed by atoms with Gasteiger partial charge in [0, 0.05) is 38.9 Å². The number of para-hydroxylation sites is 1. The molecule has 0 saturated carbocycles. The van der Waals surface area contributed by atoms with Gasteiger partial charge in [-0.2, -0.15) is 0 Å². The van der Waals surface area contributed by atoms with Crippen LogP contribution < -0.4 is 14.4 Å². The van der Waals surface area contributed by atoms with E-state index in [-0.39, 0.29) is 17.3 Å². The molecule has 1 saturated heterocycles. The second kappa shape index (κ2) is 10.2. The molecule has 4 aromatic carbocycles. The molecule has 214 valence electrons. The fraction of sp³-hybridized carbons (Fsp3) is 0.194. The van der Waals surface area contributed by atoms with E-state index in [9.17, 15) is 14.4 Å². The second-order valence-electron chi connectivity index (χ2n) is 11.0. The first-order chi connectivity index (χ1) is 20.9. The van der Waals surface area contributed by atoms with Crippen molar-refractivity contribution in [2.24, 2.45) is 5.41 Å². The predicted molar refractivity (Wildman–Crippen MR) is 166 cm³/mol. The molecule has 0 N–H and O–H groups in total. The van der Waals surface area contributed by atoms with Crippen LogP contribution in [0.25, 0.3) is 6.08 Å². The van der Waals surface area contributed by atoms with Gasteiger partial charge in [-0.3, -0.25) is 14.4 Å². The summed E-state index contributed by atoms with van der Waals surface area (Å²) in [6.45, 7) is 2.26. The number of carbonyl (C=O) groups excluding carboxylic acids is 3. The number of fused-ring (bicyclic) bond motifs is 5. The first-order valence-electron chi connectivity index (χ1n) is 14.3. The molecule has 7 heteroatoms. The number of anilines is 1. The van der Waals surface area contributed by atoms with Crippen LogP contribution in [0, 0.1) is 5.41 Å². The Labute approximate surface area is 254 Å². The van der Waals surface area contributed by atoms with Gasteiger partial charge in [-0.1, -0.05) is 78.4 Å². The number of methoxy groups -OCH3 is 1. The van der Waals surface area contributed by atoms with Gasteiger partial charge in [-0.15, -0.1) is 0 Å². The molecule has 3 aliphatic rings. The smallest absolute Gasteiger partial charge is 0.186 e. The number of hydrogen-bond donors (Lipinski definition) is 0. The van der Waals surface area contributed by atoms with Gasteiger partial charge in [0.25, 0.3) is 0 Å². The maximum atomic E-state index is 14.9. The number of carbonyl (C=O) groups is 3. The largest absolute Gasteiger partial charge is 0.497 e. The van der Waals surface area contributed by atoms with E-state index in [0.717, 1.165) is 11.3 Å². The third-order valence-electron chi connectivity index (χ3n) is 8.94. The zero-order chi connectivity index (χ0) is 29.9. The third-order valence-corrected chi connectivity index (χ3v) is 9.18. The molecule has 1 spiro atoms. The summed E-state index contributed by atoms with van der Waals surface area (Å²) in [4.78, 5) is 46.5. The van der Waals surface area contributed by atoms with Crippen LogP contribution in [0.4, 0.5) is 5.69 Å². The summed E-state index contributed by atoms with van der Waals surface area (Å²) in [5.74, 6) is -0.616. The van der Waals surface area contributed by atoms with Crippen LogP contribution >= 0.6 is 11.6 Å². The van der Waals surface area contributed by atoms with Gasteiger partial charge >= 0.3 is 0 Å². The van der Waals surface area contributed by atoms with Crippen LogP contribution in [0.3, 0.4) is 0 Å². The number of halogens is 1. The second-order valence-corrected chi connectivity index (χ2v) is 11.4. The Morgan fingerprint density at radius 2 is 1.63 bits per heavy atom. The van der Waals surface area contributed by atoms with Crippen LogP contribution in [-0.2, 0) is 0 Å². The molecular weight excluding hydrogens is 562 g/mol. The minimum atomic E-state index is -1.62. The van der Waals surface area contributed by atoms with Crippen molar-refractivity contribution in [3.63, 3.8) is 0 Å². The number of Topliss-reactive ketones (excluding diaryl/α,β-unsaturated/α-hetero) is 3. The monoisotopic (exact) mass is 589 g/mol. The van der Waals surface area contributed by atoms with E-state index < -0.39 is 23.4 Å². The van der Waals surface area contributed by atoms with E-state index in [1.165, 1.54) is 0 Å². The number of ether oxygens (including phenoxy) is 2. The molecule has 1 fully saturated rings. The summed E-state index contributed by atoms with van der Waals surface area (Å²) in [7, 11) is 1.55. The van der Waals surface area contributed by atoms with Gasteiger partial charge in [-0.25, -0.2) is 0 Å². The van der Waals surface area contributed by atoms with Crippen molar-refractivity contribution < 1.29 is 23.9 Å². The summed E-state index contributed by atoms with van der Waals surface area (Å²) in [6.07, 6.45) is 3.78. The maximum Gasteiger partial charge on any atom is 0.186 e. The highest BCUT2D eigenvalue weighted by atomic mass is 35.5. The maximum absolute atomic E-state index is 14.9. The SMILES string of the molecule is CCOc1ccccc1[C@H]1[C@H](C(=O)c2cccc(OC)c2)N2c3ccc(Cl)cc3C=C[C@@H]2C12C(=O)c1ccccc1C2=O. The first-order valence-corrected chi connectivity index (χ1v) is 14.6. The zero-order valence-corrected chi connectivity index (χ0v) is 24.4. The molecule has 7 rings (SSSR count). The summed E-state index contributed by atoms with van der Waals surface area (Å²) in [5.41, 5.74) is 1.70. The third kappa shape index (κ3) is 3.83. The van der Waals surface area contributed by atoms with Crippen LogP contribution in [0.5, 0.6) is 11.5 Å². The zero-order valence-electron chi connectivity index (χ0n) is 23.6. The lowest BCUT2D eigenvalue weighted by molar-refractivity contribution is 0.0664. The minimum absolute atomic E-state index is 0.232. The molecular formula is C36H28ClNO5. The lowest BCUT2D eigenvalue weighted by Gasteiger charge is -2.37. The van der Waals surface area contributed by atoms with Gasteiger partial charge in [0.1, 0.15) is 23.0 Å². The van der Waals surface area contributed by atoms with Gasteiger partial charge in [0.2, 0.25) is 0 Å². The van der Waals surface area contributed by atoms with E-state index in [4.69, 9.17) is 21.1 Å². The van der Waals surface area contributed by atoms with E-state index in [1.807, 2.05) is 60.4 Å². The van der Waals surface area contributed by atoms with E-state index in [2.05, 4.69) is 0 Å². The van der Waals surface area contributed by atoms with Crippen LogP contribution in [0.2, 0.25) is 5.02 Å². The van der Waals surface area contributed by atoms with Crippen LogP contribution in [-0.4, -0.2) is 43.2 Å². The van der Waals surface area contributed by atoms with Crippen LogP contribution in [0.15, 0.2) is 97.1 Å². The molecule has 2 heterocycles. The first kappa shape index (κ1) is 27.2. The summed E-state index contributed by atoms with van der Waals surface area (Å²) in [6, 6.07) is 25.1. The van der Waals surface area contributed by atoms with Gasteiger partial charge in [-0.05, 0) is 48.9 Å². The Hall–Kier alpha value is -4.68. The molecule has 43 heavy (non-hydrogen) atoms. The van der Waals surface area contributed by atoms with Crippen molar-refractivity contribution in [1.29, 1.82) is 0 Å². The summed E-state index contributed by atoms with van der Waals surface area (Å²) >= 11 is 6.40. The molecule has 0 radical (unpaired) electrons. The number of hydrogen-bond acceptors (Lipinski definition) is 6. The molecule has 0 aromatic heterocycles. The topological polar surface area (TPSA) is 72.9 Å². The van der Waals surface area contributed by atoms with E-state index in [0.29, 0.717) is 45.4 Å². The highest BCUT2D eigenvalue weighted by molar-refractivity contribution is 6.33. The molecule has 1 aliphatic carbocycles. The molecule has 4 aromatic rings. The highest BCUT2D eigenvalue weighted by Crippen LogP contribution is 2.62. The van der Waals surface area contributed by atoms with Crippen LogP contribution in [0.1, 0.15) is 55.0 Å². The predicted octanol–water partition coefficient (Wildman–Crippen LogP) is 7.06. The van der Waals surface area contributed by atoms with E-state index in [1.54, 1.807) is 61.7 Å². The fourth-order valence-electron chi connectivity index (χ4n) is 7.26. The minimum Gasteiger partial charge on any atom is -0.497 e. The number of nitrogens with zero attached hydrogens (tertiary/aromatic N) is 1. The van der Waals surface area contributed by atoms with Gasteiger partial charge in [0.15, 0.2) is 17.3 Å². The van der Waals surface area contributed by atoms with Crippen molar-refractivity contribution >= 4 is 40.7 Å². The Bertz CT molecular complexity index is 1810. The molecule has 6 nitrogen and oxygen atoms in total. The van der Waals surface area contributed by atoms with Crippen molar-refractivity contribution in [2.45, 2.75) is 24.9 Å². The fourth-order valence-corrected chi connectivity index (χ4v) is 7.44. The molecule has 2 aliphatic heterocycles. The van der Waals surface area contributed by atoms with Gasteiger partial charge in [0.05, 0.1) is 19.8 Å². The standard InChI is InChI=1S/C36H28ClNO5/c1-3-43-29-14-7-6-13-27(29)31-32(33(39)22-9-8-10-24(20-22)42-2)38-28-17-16-23(37)19-21(28)15-18-30(38)36(31)34(40)25-11-4-5-12-26(25)35(36)41/h4-20,30-32H,3H2,1-2H3/t30-,31+,32-/m1/s1. The van der Waals surface area contributed by atoms with E-state index >= 15 is 0 Å². The van der Waals surface area contributed by atoms with Crippen molar-refractivity contribution in [2.75, 3.05) is 18.6 Å². The molecule has 0 unspecified atom stereocenters. The molecule has 0 amide bonds. The van der Waals surface area contributed by atoms with Gasteiger partial charge < -0.3 is 14.4 Å². The normalized spacial score (nSPS) is 21.0. The van der Waals surface area contributed by atoms with Crippen molar-refractivity contribution in [3.05, 3.63) is 130 Å². The summed E-state index contributed by atoms with van der Waals surface area (Å²) < 4.78 is 11.6. The quantitative estimate of drug-likeness (QED) is 0.177. The average molecular weight is 590 g/mol.